The number of fused-ring (bicyclic) bond motifs is 1. The number of nitrogens with zero attached hydrogens (tertiary/aromatic N) is 2. The summed E-state index contributed by atoms with van der Waals surface area (Å²) in [5.41, 5.74) is 2.06. The number of nitrogens with one attached hydrogen (secondary N) is 2. The Morgan fingerprint density at radius 1 is 1.19 bits per heavy atom. The van der Waals surface area contributed by atoms with Crippen molar-refractivity contribution in [1.82, 2.24) is 20.4 Å². The van der Waals surface area contributed by atoms with E-state index in [9.17, 15) is 4.79 Å². The van der Waals surface area contributed by atoms with Crippen molar-refractivity contribution in [2.24, 2.45) is 0 Å². The van der Waals surface area contributed by atoms with Crippen LogP contribution >= 0.6 is 0 Å². The van der Waals surface area contributed by atoms with Gasteiger partial charge in [-0.3, -0.25) is 4.79 Å². The van der Waals surface area contributed by atoms with Gasteiger partial charge in [-0.2, -0.15) is 4.98 Å². The van der Waals surface area contributed by atoms with Crippen LogP contribution in [0.15, 0.2) is 59.3 Å². The minimum atomic E-state index is -0.615. The van der Waals surface area contributed by atoms with E-state index in [1.54, 1.807) is 20.1 Å². The fourth-order valence-electron chi connectivity index (χ4n) is 3.10. The molecule has 2 N–H and O–H groups in total. The number of carbonyl (C=O) groups is 1. The largest absolute Gasteiger partial charge is 0.496 e. The molecule has 0 aliphatic carbocycles. The second kappa shape index (κ2) is 6.95. The van der Waals surface area contributed by atoms with Crippen molar-refractivity contribution in [1.29, 1.82) is 0 Å². The first kappa shape index (κ1) is 16.8. The van der Waals surface area contributed by atoms with Crippen molar-refractivity contribution in [3.63, 3.8) is 0 Å². The molecule has 4 rings (SSSR count). The zero-order valence-electron chi connectivity index (χ0n) is 14.9. The van der Waals surface area contributed by atoms with Crippen molar-refractivity contribution in [3.05, 3.63) is 77.6 Å². The molecule has 0 aliphatic rings. The molecule has 0 saturated carbocycles. The molecule has 0 bridgehead atoms. The van der Waals surface area contributed by atoms with Crippen molar-refractivity contribution in [2.45, 2.75) is 13.0 Å². The molecule has 1 unspecified atom stereocenters. The Labute approximate surface area is 155 Å². The fraction of sp³-hybridized carbons (Fsp3) is 0.150. The zero-order valence-corrected chi connectivity index (χ0v) is 14.9. The van der Waals surface area contributed by atoms with Crippen molar-refractivity contribution in [3.8, 4) is 5.75 Å². The van der Waals surface area contributed by atoms with E-state index in [1.165, 1.54) is 0 Å². The monoisotopic (exact) mass is 362 g/mol. The second-order valence-electron chi connectivity index (χ2n) is 6.07. The molecule has 2 heterocycles. The SMILES string of the molecule is COc1ccccc1C(NC(=O)c1cccc2cc[nH]c12)c1noc(C)n1. The molecule has 1 amide bonds. The molecule has 1 atom stereocenters. The topological polar surface area (TPSA) is 93.0 Å². The van der Waals surface area contributed by atoms with E-state index < -0.39 is 6.04 Å². The summed E-state index contributed by atoms with van der Waals surface area (Å²) in [6.45, 7) is 1.71. The molecule has 27 heavy (non-hydrogen) atoms. The van der Waals surface area contributed by atoms with Gasteiger partial charge in [-0.15, -0.1) is 0 Å². The molecule has 0 saturated heterocycles. The Morgan fingerprint density at radius 3 is 2.81 bits per heavy atom. The quantitative estimate of drug-likeness (QED) is 0.568. The van der Waals surface area contributed by atoms with Gasteiger partial charge in [0.1, 0.15) is 11.8 Å². The first-order chi connectivity index (χ1) is 13.2. The number of aromatic nitrogens is 3. The summed E-state index contributed by atoms with van der Waals surface area (Å²) in [4.78, 5) is 20.5. The molecule has 0 spiro atoms. The number of carbonyl (C=O) groups excluding carboxylic acids is 1. The number of aryl methyl sites for hydroxylation is 1. The average molecular weight is 362 g/mol. The number of benzene rings is 2. The summed E-state index contributed by atoms with van der Waals surface area (Å²) in [6, 6.07) is 14.3. The Bertz CT molecular complexity index is 1100. The number of amides is 1. The molecule has 2 aromatic heterocycles. The highest BCUT2D eigenvalue weighted by molar-refractivity contribution is 6.05. The predicted molar refractivity (Wildman–Crippen MR) is 99.6 cm³/mol. The van der Waals surface area contributed by atoms with Crippen molar-refractivity contribution in [2.75, 3.05) is 7.11 Å². The summed E-state index contributed by atoms with van der Waals surface area (Å²) in [5, 5.41) is 7.98. The van der Waals surface area contributed by atoms with Gasteiger partial charge in [-0.25, -0.2) is 0 Å². The lowest BCUT2D eigenvalue weighted by Gasteiger charge is -2.18. The van der Waals surface area contributed by atoms with Gasteiger partial charge in [-0.1, -0.05) is 35.5 Å². The van der Waals surface area contributed by atoms with E-state index in [2.05, 4.69) is 20.4 Å². The maximum atomic E-state index is 13.1. The number of H-pyrrole nitrogens is 1. The smallest absolute Gasteiger partial charge is 0.254 e. The number of aromatic amines is 1. The number of hydrogen-bond acceptors (Lipinski definition) is 5. The lowest BCUT2D eigenvalue weighted by Crippen LogP contribution is -2.30. The van der Waals surface area contributed by atoms with Crippen LogP contribution < -0.4 is 10.1 Å². The van der Waals surface area contributed by atoms with Gasteiger partial charge in [-0.05, 0) is 18.2 Å². The first-order valence-corrected chi connectivity index (χ1v) is 8.47. The first-order valence-electron chi connectivity index (χ1n) is 8.47. The van der Waals surface area contributed by atoms with Gasteiger partial charge < -0.3 is 19.6 Å². The lowest BCUT2D eigenvalue weighted by molar-refractivity contribution is 0.0942. The van der Waals surface area contributed by atoms with Gasteiger partial charge in [0.2, 0.25) is 5.89 Å². The van der Waals surface area contributed by atoms with Crippen LogP contribution in [-0.4, -0.2) is 28.1 Å². The summed E-state index contributed by atoms with van der Waals surface area (Å²) >= 11 is 0. The van der Waals surface area contributed by atoms with Crippen LogP contribution in [0, 0.1) is 6.92 Å². The molecule has 7 nitrogen and oxygen atoms in total. The van der Waals surface area contributed by atoms with E-state index in [-0.39, 0.29) is 5.91 Å². The standard InChI is InChI=1S/C20H18N4O3/c1-12-22-19(24-27-12)18(14-7-3-4-9-16(14)26-2)23-20(25)15-8-5-6-13-10-11-21-17(13)15/h3-11,18,21H,1-2H3,(H,23,25). The lowest BCUT2D eigenvalue weighted by atomic mass is 10.0. The van der Waals surface area contributed by atoms with E-state index in [0.29, 0.717) is 23.0 Å². The zero-order chi connectivity index (χ0) is 18.8. The third kappa shape index (κ3) is 3.15. The maximum Gasteiger partial charge on any atom is 0.254 e. The minimum Gasteiger partial charge on any atom is -0.496 e. The van der Waals surface area contributed by atoms with Gasteiger partial charge in [0.05, 0.1) is 18.2 Å². The molecule has 136 valence electrons. The van der Waals surface area contributed by atoms with Crippen LogP contribution in [-0.2, 0) is 0 Å². The second-order valence-corrected chi connectivity index (χ2v) is 6.07. The normalized spacial score (nSPS) is 12.1. The number of hydrogen-bond donors (Lipinski definition) is 2. The van der Waals surface area contributed by atoms with E-state index in [4.69, 9.17) is 9.26 Å². The Hall–Kier alpha value is -3.61. The summed E-state index contributed by atoms with van der Waals surface area (Å²) in [5.74, 6) is 1.17. The van der Waals surface area contributed by atoms with Crippen LogP contribution in [0.1, 0.15) is 33.7 Å². The van der Waals surface area contributed by atoms with Crippen LogP contribution in [0.4, 0.5) is 0 Å². The van der Waals surface area contributed by atoms with Crippen LogP contribution in [0.2, 0.25) is 0 Å². The minimum absolute atomic E-state index is 0.249. The van der Waals surface area contributed by atoms with Crippen molar-refractivity contribution < 1.29 is 14.1 Å². The highest BCUT2D eigenvalue weighted by atomic mass is 16.5. The summed E-state index contributed by atoms with van der Waals surface area (Å²) in [6.07, 6.45) is 1.81. The van der Waals surface area contributed by atoms with Crippen molar-refractivity contribution >= 4 is 16.8 Å². The number of para-hydroxylation sites is 2. The van der Waals surface area contributed by atoms with Crippen LogP contribution in [0.25, 0.3) is 10.9 Å². The molecule has 0 aliphatic heterocycles. The number of ether oxygens (including phenoxy) is 1. The molecule has 0 fully saturated rings. The number of rotatable bonds is 5. The fourth-order valence-corrected chi connectivity index (χ4v) is 3.10. The Kier molecular flexibility index (Phi) is 4.33. The van der Waals surface area contributed by atoms with Gasteiger partial charge in [0.15, 0.2) is 5.82 Å². The van der Waals surface area contributed by atoms with Crippen LogP contribution in [0.5, 0.6) is 5.75 Å². The maximum absolute atomic E-state index is 13.1. The van der Waals surface area contributed by atoms with E-state index in [1.807, 2.05) is 48.7 Å². The highest BCUT2D eigenvalue weighted by Gasteiger charge is 2.26. The summed E-state index contributed by atoms with van der Waals surface area (Å²) < 4.78 is 10.6. The molecular formula is C20H18N4O3. The Balaban J connectivity index is 1.75. The third-order valence-corrected chi connectivity index (χ3v) is 4.36. The summed E-state index contributed by atoms with van der Waals surface area (Å²) in [7, 11) is 1.58. The molecule has 2 aromatic carbocycles. The molecular weight excluding hydrogens is 344 g/mol. The van der Waals surface area contributed by atoms with E-state index >= 15 is 0 Å². The molecule has 4 aromatic rings. The predicted octanol–water partition coefficient (Wildman–Crippen LogP) is 3.39. The van der Waals surface area contributed by atoms with E-state index in [0.717, 1.165) is 16.5 Å². The highest BCUT2D eigenvalue weighted by Crippen LogP contribution is 2.29. The third-order valence-electron chi connectivity index (χ3n) is 4.36. The molecule has 0 radical (unpaired) electrons. The van der Waals surface area contributed by atoms with Gasteiger partial charge >= 0.3 is 0 Å². The number of methoxy groups -OCH3 is 1. The van der Waals surface area contributed by atoms with Gasteiger partial charge in [0, 0.05) is 24.1 Å². The molecule has 7 heteroatoms. The van der Waals surface area contributed by atoms with Gasteiger partial charge in [0.25, 0.3) is 5.91 Å². The Morgan fingerprint density at radius 2 is 2.04 bits per heavy atom. The van der Waals surface area contributed by atoms with Crippen LogP contribution in [0.3, 0.4) is 0 Å². The average Bonchev–Trinajstić information content (AvgIpc) is 3.34.